The predicted molar refractivity (Wildman–Crippen MR) is 69.7 cm³/mol. The van der Waals surface area contributed by atoms with E-state index in [1.54, 1.807) is 6.07 Å². The van der Waals surface area contributed by atoms with E-state index in [0.29, 0.717) is 11.4 Å². The Bertz CT molecular complexity index is 374. The van der Waals surface area contributed by atoms with Crippen molar-refractivity contribution in [3.05, 3.63) is 34.6 Å². The Hall–Kier alpha value is -0.600. The van der Waals surface area contributed by atoms with Gasteiger partial charge in [-0.3, -0.25) is 0 Å². The molecule has 3 heteroatoms. The Kier molecular flexibility index (Phi) is 4.41. The third-order valence-corrected chi connectivity index (χ3v) is 3.97. The van der Waals surface area contributed by atoms with Crippen molar-refractivity contribution in [2.24, 2.45) is 11.7 Å². The lowest BCUT2D eigenvalue weighted by Gasteiger charge is -2.17. The van der Waals surface area contributed by atoms with Crippen LogP contribution in [-0.2, 0) is 6.42 Å². The van der Waals surface area contributed by atoms with E-state index in [-0.39, 0.29) is 11.9 Å². The van der Waals surface area contributed by atoms with Crippen LogP contribution in [0, 0.1) is 11.7 Å². The third-order valence-electron chi connectivity index (χ3n) is 3.60. The second kappa shape index (κ2) is 5.83. The molecule has 0 saturated heterocycles. The monoisotopic (exact) mass is 255 g/mol. The molecular formula is C14H19ClFN. The summed E-state index contributed by atoms with van der Waals surface area (Å²) in [6.07, 6.45) is 6.96. The van der Waals surface area contributed by atoms with Gasteiger partial charge in [-0.15, -0.1) is 0 Å². The molecule has 0 amide bonds. The van der Waals surface area contributed by atoms with E-state index in [0.717, 1.165) is 17.9 Å². The van der Waals surface area contributed by atoms with E-state index >= 15 is 0 Å². The molecule has 0 aliphatic heterocycles. The van der Waals surface area contributed by atoms with Crippen molar-refractivity contribution >= 4 is 11.6 Å². The predicted octanol–water partition coefficient (Wildman–Crippen LogP) is 3.93. The lowest BCUT2D eigenvalue weighted by Crippen LogP contribution is -2.25. The number of rotatable bonds is 4. The van der Waals surface area contributed by atoms with Crippen LogP contribution >= 0.6 is 11.6 Å². The smallest absolute Gasteiger partial charge is 0.123 e. The highest BCUT2D eigenvalue weighted by atomic mass is 35.5. The fourth-order valence-electron chi connectivity index (χ4n) is 2.74. The van der Waals surface area contributed by atoms with Gasteiger partial charge in [-0.1, -0.05) is 37.3 Å². The van der Waals surface area contributed by atoms with Crippen LogP contribution in [0.3, 0.4) is 0 Å². The molecule has 1 saturated carbocycles. The van der Waals surface area contributed by atoms with Crippen molar-refractivity contribution in [3.63, 3.8) is 0 Å². The Labute approximate surface area is 107 Å². The topological polar surface area (TPSA) is 26.0 Å². The van der Waals surface area contributed by atoms with Crippen LogP contribution in [0.1, 0.15) is 37.7 Å². The van der Waals surface area contributed by atoms with Gasteiger partial charge in [0.05, 0.1) is 0 Å². The highest BCUT2D eigenvalue weighted by Crippen LogP contribution is 2.29. The first-order valence-corrected chi connectivity index (χ1v) is 6.72. The molecule has 0 spiro atoms. The minimum Gasteiger partial charge on any atom is -0.327 e. The molecule has 0 bridgehead atoms. The largest absolute Gasteiger partial charge is 0.327 e. The molecule has 0 heterocycles. The van der Waals surface area contributed by atoms with Crippen LogP contribution < -0.4 is 5.73 Å². The van der Waals surface area contributed by atoms with Crippen molar-refractivity contribution in [2.45, 2.75) is 44.6 Å². The highest BCUT2D eigenvalue weighted by Gasteiger charge is 2.18. The number of nitrogens with two attached hydrogens (primary N) is 1. The molecule has 94 valence electrons. The lowest BCUT2D eigenvalue weighted by molar-refractivity contribution is 0.440. The molecular weight excluding hydrogens is 237 g/mol. The number of benzene rings is 1. The second-order valence-electron chi connectivity index (χ2n) is 5.09. The maximum atomic E-state index is 13.1. The van der Waals surface area contributed by atoms with Gasteiger partial charge in [0.2, 0.25) is 0 Å². The minimum atomic E-state index is -0.238. The van der Waals surface area contributed by atoms with Crippen LogP contribution in [0.5, 0.6) is 0 Å². The fraction of sp³-hybridized carbons (Fsp3) is 0.571. The van der Waals surface area contributed by atoms with Gasteiger partial charge < -0.3 is 5.73 Å². The molecule has 2 rings (SSSR count). The van der Waals surface area contributed by atoms with Crippen LogP contribution in [-0.4, -0.2) is 6.04 Å². The molecule has 1 unspecified atom stereocenters. The Morgan fingerprint density at radius 1 is 1.35 bits per heavy atom. The standard InChI is InChI=1S/C14H19ClFN/c15-14-6-5-12(16)8-11(14)9-13(17)7-10-3-1-2-4-10/h5-6,8,10,13H,1-4,7,9,17H2. The molecule has 0 aromatic heterocycles. The SMILES string of the molecule is NC(Cc1cc(F)ccc1Cl)CC1CCCC1. The van der Waals surface area contributed by atoms with Crippen molar-refractivity contribution in [2.75, 3.05) is 0 Å². The first kappa shape index (κ1) is 12.8. The quantitative estimate of drug-likeness (QED) is 0.867. The molecule has 1 nitrogen and oxygen atoms in total. The van der Waals surface area contributed by atoms with Gasteiger partial charge in [0, 0.05) is 11.1 Å². The van der Waals surface area contributed by atoms with Crippen molar-refractivity contribution in [1.82, 2.24) is 0 Å². The molecule has 1 aromatic rings. The van der Waals surface area contributed by atoms with Crippen LogP contribution in [0.15, 0.2) is 18.2 Å². The van der Waals surface area contributed by atoms with Gasteiger partial charge in [-0.05, 0) is 42.5 Å². The highest BCUT2D eigenvalue weighted by molar-refractivity contribution is 6.31. The summed E-state index contributed by atoms with van der Waals surface area (Å²) in [5.74, 6) is 0.523. The average molecular weight is 256 g/mol. The molecule has 0 radical (unpaired) electrons. The van der Waals surface area contributed by atoms with Gasteiger partial charge in [-0.2, -0.15) is 0 Å². The van der Waals surface area contributed by atoms with Crippen molar-refractivity contribution in [3.8, 4) is 0 Å². The maximum Gasteiger partial charge on any atom is 0.123 e. The zero-order valence-electron chi connectivity index (χ0n) is 9.96. The van der Waals surface area contributed by atoms with E-state index in [1.165, 1.54) is 37.8 Å². The number of hydrogen-bond acceptors (Lipinski definition) is 1. The summed E-state index contributed by atoms with van der Waals surface area (Å²) >= 11 is 6.03. The maximum absolute atomic E-state index is 13.1. The molecule has 2 N–H and O–H groups in total. The second-order valence-corrected chi connectivity index (χ2v) is 5.49. The zero-order chi connectivity index (χ0) is 12.3. The molecule has 17 heavy (non-hydrogen) atoms. The van der Waals surface area contributed by atoms with Gasteiger partial charge in [-0.25, -0.2) is 4.39 Å². The molecule has 1 atom stereocenters. The van der Waals surface area contributed by atoms with E-state index in [9.17, 15) is 4.39 Å². The van der Waals surface area contributed by atoms with Crippen molar-refractivity contribution < 1.29 is 4.39 Å². The van der Waals surface area contributed by atoms with Crippen LogP contribution in [0.4, 0.5) is 4.39 Å². The normalized spacial score (nSPS) is 18.5. The lowest BCUT2D eigenvalue weighted by atomic mass is 9.94. The summed E-state index contributed by atoms with van der Waals surface area (Å²) in [5, 5.41) is 0.619. The zero-order valence-corrected chi connectivity index (χ0v) is 10.7. The van der Waals surface area contributed by atoms with E-state index in [1.807, 2.05) is 0 Å². The van der Waals surface area contributed by atoms with Gasteiger partial charge >= 0.3 is 0 Å². The summed E-state index contributed by atoms with van der Waals surface area (Å²) in [4.78, 5) is 0. The van der Waals surface area contributed by atoms with E-state index < -0.39 is 0 Å². The van der Waals surface area contributed by atoms with Gasteiger partial charge in [0.1, 0.15) is 5.82 Å². The summed E-state index contributed by atoms with van der Waals surface area (Å²) in [6, 6.07) is 4.58. The summed E-state index contributed by atoms with van der Waals surface area (Å²) in [6.45, 7) is 0. The Morgan fingerprint density at radius 3 is 2.76 bits per heavy atom. The van der Waals surface area contributed by atoms with Crippen LogP contribution in [0.2, 0.25) is 5.02 Å². The van der Waals surface area contributed by atoms with Gasteiger partial charge in [0.15, 0.2) is 0 Å². The number of halogens is 2. The molecule has 1 fully saturated rings. The molecule has 1 aromatic carbocycles. The first-order chi connectivity index (χ1) is 8.15. The van der Waals surface area contributed by atoms with Gasteiger partial charge in [0.25, 0.3) is 0 Å². The fourth-order valence-corrected chi connectivity index (χ4v) is 2.93. The summed E-state index contributed by atoms with van der Waals surface area (Å²) < 4.78 is 13.1. The van der Waals surface area contributed by atoms with Crippen LogP contribution in [0.25, 0.3) is 0 Å². The number of hydrogen-bond donors (Lipinski definition) is 1. The average Bonchev–Trinajstić information content (AvgIpc) is 2.76. The minimum absolute atomic E-state index is 0.0948. The molecule has 1 aliphatic carbocycles. The summed E-state index contributed by atoms with van der Waals surface area (Å²) in [5.41, 5.74) is 6.95. The molecule has 1 aliphatic rings. The van der Waals surface area contributed by atoms with E-state index in [4.69, 9.17) is 17.3 Å². The first-order valence-electron chi connectivity index (χ1n) is 6.34. The summed E-state index contributed by atoms with van der Waals surface area (Å²) in [7, 11) is 0. The Morgan fingerprint density at radius 2 is 2.06 bits per heavy atom. The third kappa shape index (κ3) is 3.68. The van der Waals surface area contributed by atoms with E-state index in [2.05, 4.69) is 0 Å². The van der Waals surface area contributed by atoms with Crippen molar-refractivity contribution in [1.29, 1.82) is 0 Å². The Balaban J connectivity index is 1.92.